The Bertz CT molecular complexity index is 250. The van der Waals surface area contributed by atoms with Gasteiger partial charge in [-0.05, 0) is 25.2 Å². The van der Waals surface area contributed by atoms with Gasteiger partial charge < -0.3 is 5.32 Å². The summed E-state index contributed by atoms with van der Waals surface area (Å²) in [4.78, 5) is 22.2. The predicted octanol–water partition coefficient (Wildman–Crippen LogP) is 1.91. The molecule has 0 spiro atoms. The molecule has 0 saturated heterocycles. The van der Waals surface area contributed by atoms with Crippen molar-refractivity contribution in [1.29, 1.82) is 0 Å². The van der Waals surface area contributed by atoms with Gasteiger partial charge in [0.15, 0.2) is 0 Å². The van der Waals surface area contributed by atoms with E-state index in [0.717, 1.165) is 6.42 Å². The maximum atomic E-state index is 11.4. The lowest BCUT2D eigenvalue weighted by atomic mass is 9.78. The second-order valence-corrected chi connectivity index (χ2v) is 4.82. The Labute approximate surface area is 91.6 Å². The summed E-state index contributed by atoms with van der Waals surface area (Å²) in [6.45, 7) is 5.86. The highest BCUT2D eigenvalue weighted by Gasteiger charge is 2.28. The summed E-state index contributed by atoms with van der Waals surface area (Å²) in [5.74, 6) is 1.01. The molecule has 1 rings (SSSR count). The molecule has 86 valence electrons. The maximum Gasteiger partial charge on any atom is 0.227 e. The van der Waals surface area contributed by atoms with Crippen molar-refractivity contribution in [3.05, 3.63) is 0 Å². The third kappa shape index (κ3) is 3.65. The molecule has 1 N–H and O–H groups in total. The third-order valence-electron chi connectivity index (χ3n) is 3.46. The Morgan fingerprint density at radius 1 is 1.27 bits per heavy atom. The number of nitrogens with one attached hydrogen (secondary N) is 1. The van der Waals surface area contributed by atoms with Crippen LogP contribution in [0.3, 0.4) is 0 Å². The first-order chi connectivity index (χ1) is 7.00. The average molecular weight is 211 g/mol. The highest BCUT2D eigenvalue weighted by atomic mass is 16.2. The highest BCUT2D eigenvalue weighted by Crippen LogP contribution is 2.29. The first-order valence-corrected chi connectivity index (χ1v) is 5.79. The first-order valence-electron chi connectivity index (χ1n) is 5.79. The summed E-state index contributed by atoms with van der Waals surface area (Å²) < 4.78 is 0. The average Bonchev–Trinajstić information content (AvgIpc) is 2.11. The van der Waals surface area contributed by atoms with Crippen molar-refractivity contribution in [2.75, 3.05) is 0 Å². The fourth-order valence-electron chi connectivity index (χ4n) is 2.27. The van der Waals surface area contributed by atoms with Gasteiger partial charge in [0, 0.05) is 6.04 Å². The summed E-state index contributed by atoms with van der Waals surface area (Å²) >= 11 is 0. The number of hydrogen-bond donors (Lipinski definition) is 1. The maximum absolute atomic E-state index is 11.4. The minimum absolute atomic E-state index is 0.0254. The summed E-state index contributed by atoms with van der Waals surface area (Å²) in [5.41, 5.74) is 0. The second-order valence-electron chi connectivity index (χ2n) is 4.82. The lowest BCUT2D eigenvalue weighted by Gasteiger charge is -2.34. The fourth-order valence-corrected chi connectivity index (χ4v) is 2.27. The lowest BCUT2D eigenvalue weighted by Crippen LogP contribution is -2.44. The van der Waals surface area contributed by atoms with Crippen LogP contribution in [0.4, 0.5) is 0 Å². The van der Waals surface area contributed by atoms with Gasteiger partial charge in [-0.25, -0.2) is 0 Å². The Morgan fingerprint density at radius 3 is 2.53 bits per heavy atom. The largest absolute Gasteiger partial charge is 0.353 e. The van der Waals surface area contributed by atoms with E-state index in [-0.39, 0.29) is 24.2 Å². The lowest BCUT2D eigenvalue weighted by molar-refractivity contribution is -0.128. The zero-order chi connectivity index (χ0) is 11.4. The van der Waals surface area contributed by atoms with E-state index < -0.39 is 0 Å². The standard InChI is InChI=1S/C12H21NO2/c1-8-5-4-6-11(10(8)3)13-12(15)7-9(2)14/h8,10-11H,4-7H2,1-3H3,(H,13,15)/t8-,10-,11-/m1/s1. The van der Waals surface area contributed by atoms with Crippen molar-refractivity contribution < 1.29 is 9.59 Å². The second kappa shape index (κ2) is 5.29. The smallest absolute Gasteiger partial charge is 0.227 e. The number of rotatable bonds is 3. The Morgan fingerprint density at radius 2 is 1.93 bits per heavy atom. The monoisotopic (exact) mass is 211 g/mol. The van der Waals surface area contributed by atoms with Crippen LogP contribution in [0.2, 0.25) is 0 Å². The number of hydrogen-bond acceptors (Lipinski definition) is 2. The molecule has 3 atom stereocenters. The van der Waals surface area contributed by atoms with E-state index in [4.69, 9.17) is 0 Å². The van der Waals surface area contributed by atoms with Gasteiger partial charge in [-0.3, -0.25) is 9.59 Å². The molecule has 0 aromatic heterocycles. The molecule has 0 unspecified atom stereocenters. The van der Waals surface area contributed by atoms with Crippen LogP contribution >= 0.6 is 0 Å². The molecule has 1 aliphatic rings. The van der Waals surface area contributed by atoms with Crippen molar-refractivity contribution in [1.82, 2.24) is 5.32 Å². The van der Waals surface area contributed by atoms with Gasteiger partial charge in [-0.15, -0.1) is 0 Å². The molecule has 0 radical (unpaired) electrons. The Balaban J connectivity index is 2.43. The van der Waals surface area contributed by atoms with E-state index in [9.17, 15) is 9.59 Å². The molecule has 1 fully saturated rings. The molecule has 0 aromatic carbocycles. The van der Waals surface area contributed by atoms with Crippen molar-refractivity contribution in [2.45, 2.75) is 52.5 Å². The number of carbonyl (C=O) groups excluding carboxylic acids is 2. The van der Waals surface area contributed by atoms with Gasteiger partial charge in [0.2, 0.25) is 5.91 Å². The van der Waals surface area contributed by atoms with E-state index in [1.165, 1.54) is 19.8 Å². The van der Waals surface area contributed by atoms with Crippen LogP contribution in [0.1, 0.15) is 46.5 Å². The van der Waals surface area contributed by atoms with Crippen molar-refractivity contribution in [3.63, 3.8) is 0 Å². The molecular formula is C12H21NO2. The molecule has 1 saturated carbocycles. The van der Waals surface area contributed by atoms with E-state index >= 15 is 0 Å². The zero-order valence-electron chi connectivity index (χ0n) is 9.88. The topological polar surface area (TPSA) is 46.2 Å². The zero-order valence-corrected chi connectivity index (χ0v) is 9.88. The number of ketones is 1. The van der Waals surface area contributed by atoms with Gasteiger partial charge in [0.1, 0.15) is 5.78 Å². The molecule has 0 aliphatic heterocycles. The third-order valence-corrected chi connectivity index (χ3v) is 3.46. The minimum Gasteiger partial charge on any atom is -0.353 e. The first kappa shape index (κ1) is 12.2. The van der Waals surface area contributed by atoms with Crippen LogP contribution in [0.5, 0.6) is 0 Å². The van der Waals surface area contributed by atoms with Gasteiger partial charge in [0.25, 0.3) is 0 Å². The minimum atomic E-state index is -0.117. The van der Waals surface area contributed by atoms with E-state index in [0.29, 0.717) is 11.8 Å². The SMILES string of the molecule is CC(=O)CC(=O)N[C@@H]1CCC[C@@H](C)[C@H]1C. The molecule has 0 aromatic rings. The molecule has 1 amide bonds. The van der Waals surface area contributed by atoms with Gasteiger partial charge in [0.05, 0.1) is 6.42 Å². The van der Waals surface area contributed by atoms with Gasteiger partial charge in [-0.2, -0.15) is 0 Å². The Hall–Kier alpha value is -0.860. The van der Waals surface area contributed by atoms with Gasteiger partial charge >= 0.3 is 0 Å². The van der Waals surface area contributed by atoms with E-state index in [1.807, 2.05) is 0 Å². The fraction of sp³-hybridized carbons (Fsp3) is 0.833. The number of amides is 1. The van der Waals surface area contributed by atoms with E-state index in [1.54, 1.807) is 0 Å². The molecule has 0 bridgehead atoms. The number of carbonyl (C=O) groups is 2. The normalized spacial score (nSPS) is 31.0. The van der Waals surface area contributed by atoms with Crippen molar-refractivity contribution >= 4 is 11.7 Å². The molecule has 3 nitrogen and oxygen atoms in total. The predicted molar refractivity (Wildman–Crippen MR) is 59.4 cm³/mol. The molecular weight excluding hydrogens is 190 g/mol. The van der Waals surface area contributed by atoms with Crippen LogP contribution in [0.15, 0.2) is 0 Å². The van der Waals surface area contributed by atoms with Crippen LogP contribution in [0, 0.1) is 11.8 Å². The van der Waals surface area contributed by atoms with Crippen molar-refractivity contribution in [2.24, 2.45) is 11.8 Å². The summed E-state index contributed by atoms with van der Waals surface area (Å²) in [5, 5.41) is 2.97. The summed E-state index contributed by atoms with van der Waals surface area (Å²) in [6, 6.07) is 0.264. The van der Waals surface area contributed by atoms with Crippen LogP contribution in [-0.2, 0) is 9.59 Å². The quantitative estimate of drug-likeness (QED) is 0.725. The van der Waals surface area contributed by atoms with Crippen molar-refractivity contribution in [3.8, 4) is 0 Å². The Kier molecular flexibility index (Phi) is 4.30. The summed E-state index contributed by atoms with van der Waals surface area (Å²) in [6.07, 6.45) is 3.50. The van der Waals surface area contributed by atoms with Crippen LogP contribution in [0.25, 0.3) is 0 Å². The highest BCUT2D eigenvalue weighted by molar-refractivity contribution is 5.96. The van der Waals surface area contributed by atoms with Crippen LogP contribution in [-0.4, -0.2) is 17.7 Å². The molecule has 3 heteroatoms. The molecule has 0 heterocycles. The number of Topliss-reactive ketones (excluding diaryl/α,β-unsaturated/α-hetero) is 1. The summed E-state index contributed by atoms with van der Waals surface area (Å²) in [7, 11) is 0. The molecule has 15 heavy (non-hydrogen) atoms. The van der Waals surface area contributed by atoms with Gasteiger partial charge in [-0.1, -0.05) is 26.7 Å². The van der Waals surface area contributed by atoms with E-state index in [2.05, 4.69) is 19.2 Å². The molecule has 1 aliphatic carbocycles. The van der Waals surface area contributed by atoms with Crippen LogP contribution < -0.4 is 5.32 Å².